The molecule has 1 saturated carbocycles. The van der Waals surface area contributed by atoms with Crippen LogP contribution in [0, 0.1) is 23.7 Å². The second-order valence-corrected chi connectivity index (χ2v) is 7.27. The lowest BCUT2D eigenvalue weighted by Gasteiger charge is -2.40. The Balaban J connectivity index is 1.64. The van der Waals surface area contributed by atoms with Crippen LogP contribution in [0.2, 0.25) is 0 Å². The van der Waals surface area contributed by atoms with Gasteiger partial charge in [-0.2, -0.15) is 0 Å². The maximum Gasteiger partial charge on any atom is 0.167 e. The first-order valence-corrected chi connectivity index (χ1v) is 7.76. The third kappa shape index (κ3) is 2.62. The monoisotopic (exact) mass is 286 g/mol. The fraction of sp³-hybridized carbons (Fsp3) is 1.00. The number of aliphatic hydroxyl groups is 3. The molecular formula is C15H26O5. The molecule has 0 amide bonds. The Bertz CT molecular complexity index is 353. The van der Waals surface area contributed by atoms with Gasteiger partial charge in [0.2, 0.25) is 0 Å². The zero-order valence-electron chi connectivity index (χ0n) is 12.2. The van der Waals surface area contributed by atoms with Crippen LogP contribution in [-0.4, -0.2) is 39.8 Å². The molecule has 3 aliphatic rings. The third-order valence-corrected chi connectivity index (χ3v) is 5.29. The molecule has 3 N–H and O–H groups in total. The first-order valence-electron chi connectivity index (χ1n) is 7.76. The van der Waals surface area contributed by atoms with Gasteiger partial charge in [0.1, 0.15) is 0 Å². The maximum atomic E-state index is 10.2. The van der Waals surface area contributed by atoms with Crippen LogP contribution < -0.4 is 0 Å². The summed E-state index contributed by atoms with van der Waals surface area (Å²) in [4.78, 5) is 0. The van der Waals surface area contributed by atoms with E-state index in [1.807, 2.05) is 13.8 Å². The molecule has 3 rings (SSSR count). The van der Waals surface area contributed by atoms with Crippen molar-refractivity contribution in [2.24, 2.45) is 23.7 Å². The molecule has 5 nitrogen and oxygen atoms in total. The summed E-state index contributed by atoms with van der Waals surface area (Å²) in [5.41, 5.74) is -0.659. The van der Waals surface area contributed by atoms with Crippen molar-refractivity contribution in [2.45, 2.75) is 70.4 Å². The van der Waals surface area contributed by atoms with Crippen molar-refractivity contribution >= 4 is 0 Å². The summed E-state index contributed by atoms with van der Waals surface area (Å²) in [5.74, 6) is 0.847. The van der Waals surface area contributed by atoms with Gasteiger partial charge in [-0.3, -0.25) is 0 Å². The molecule has 0 aromatic heterocycles. The Morgan fingerprint density at radius 2 is 1.70 bits per heavy atom. The Morgan fingerprint density at radius 3 is 2.40 bits per heavy atom. The van der Waals surface area contributed by atoms with E-state index in [-0.39, 0.29) is 17.8 Å². The Kier molecular flexibility index (Phi) is 3.84. The van der Waals surface area contributed by atoms with E-state index in [4.69, 9.17) is 9.47 Å². The number of aliphatic hydroxyl groups excluding tert-OH is 2. The van der Waals surface area contributed by atoms with Crippen LogP contribution in [0.3, 0.4) is 0 Å². The van der Waals surface area contributed by atoms with Gasteiger partial charge in [0.05, 0.1) is 5.60 Å². The molecule has 0 aromatic carbocycles. The van der Waals surface area contributed by atoms with E-state index in [1.54, 1.807) is 0 Å². The van der Waals surface area contributed by atoms with Gasteiger partial charge in [0.15, 0.2) is 18.9 Å². The number of hydrogen-bond donors (Lipinski definition) is 3. The van der Waals surface area contributed by atoms with E-state index >= 15 is 0 Å². The summed E-state index contributed by atoms with van der Waals surface area (Å²) in [7, 11) is 0. The first-order chi connectivity index (χ1) is 9.37. The highest BCUT2D eigenvalue weighted by atomic mass is 16.8. The van der Waals surface area contributed by atoms with Crippen molar-refractivity contribution in [2.75, 3.05) is 0 Å². The molecule has 3 unspecified atom stereocenters. The lowest BCUT2D eigenvalue weighted by molar-refractivity contribution is -0.302. The van der Waals surface area contributed by atoms with Crippen molar-refractivity contribution in [1.82, 2.24) is 0 Å². The molecule has 1 aliphatic carbocycles. The van der Waals surface area contributed by atoms with Gasteiger partial charge in [-0.15, -0.1) is 0 Å². The third-order valence-electron chi connectivity index (χ3n) is 5.29. The number of ether oxygens (including phenoxy) is 2. The smallest absolute Gasteiger partial charge is 0.167 e. The van der Waals surface area contributed by atoms with E-state index in [0.29, 0.717) is 5.92 Å². The fourth-order valence-electron chi connectivity index (χ4n) is 4.35. The summed E-state index contributed by atoms with van der Waals surface area (Å²) in [6, 6.07) is 0. The van der Waals surface area contributed by atoms with Crippen LogP contribution >= 0.6 is 0 Å². The summed E-state index contributed by atoms with van der Waals surface area (Å²) in [6.45, 7) is 3.62. The van der Waals surface area contributed by atoms with Crippen molar-refractivity contribution in [3.05, 3.63) is 0 Å². The van der Waals surface area contributed by atoms with Crippen molar-refractivity contribution in [3.63, 3.8) is 0 Å². The maximum absolute atomic E-state index is 10.2. The van der Waals surface area contributed by atoms with Crippen molar-refractivity contribution in [3.8, 4) is 0 Å². The van der Waals surface area contributed by atoms with Gasteiger partial charge in [0.25, 0.3) is 0 Å². The predicted octanol–water partition coefficient (Wildman–Crippen LogP) is 1.21. The Morgan fingerprint density at radius 1 is 1.05 bits per heavy atom. The molecule has 5 heteroatoms. The number of rotatable bonds is 4. The quantitative estimate of drug-likeness (QED) is 0.724. The predicted molar refractivity (Wildman–Crippen MR) is 71.3 cm³/mol. The molecule has 2 heterocycles. The SMILES string of the molecule is CC(C)(O)CCCC1C(O)O[C@H]2OC(O)[C@@H]3CC[C@@H]1[C@H]23. The van der Waals surface area contributed by atoms with E-state index in [9.17, 15) is 15.3 Å². The molecule has 116 valence electrons. The van der Waals surface area contributed by atoms with Crippen LogP contribution in [0.15, 0.2) is 0 Å². The summed E-state index contributed by atoms with van der Waals surface area (Å²) in [5, 5.41) is 29.9. The highest BCUT2D eigenvalue weighted by Gasteiger charge is 2.58. The van der Waals surface area contributed by atoms with Crippen LogP contribution in [-0.2, 0) is 9.47 Å². The molecule has 0 radical (unpaired) electrons. The van der Waals surface area contributed by atoms with Gasteiger partial charge in [-0.25, -0.2) is 0 Å². The first kappa shape index (κ1) is 14.7. The Labute approximate surface area is 119 Å². The fourth-order valence-corrected chi connectivity index (χ4v) is 4.35. The topological polar surface area (TPSA) is 79.2 Å². The van der Waals surface area contributed by atoms with Gasteiger partial charge < -0.3 is 24.8 Å². The molecular weight excluding hydrogens is 260 g/mol. The van der Waals surface area contributed by atoms with Crippen LogP contribution in [0.4, 0.5) is 0 Å². The average molecular weight is 286 g/mol. The van der Waals surface area contributed by atoms with Gasteiger partial charge in [0, 0.05) is 17.8 Å². The minimum Gasteiger partial charge on any atom is -0.390 e. The minimum absolute atomic E-state index is 0.0949. The van der Waals surface area contributed by atoms with E-state index < -0.39 is 24.5 Å². The van der Waals surface area contributed by atoms with Crippen LogP contribution in [0.5, 0.6) is 0 Å². The molecule has 20 heavy (non-hydrogen) atoms. The van der Waals surface area contributed by atoms with Gasteiger partial charge in [-0.05, 0) is 45.4 Å². The second-order valence-electron chi connectivity index (χ2n) is 7.27. The highest BCUT2D eigenvalue weighted by Crippen LogP contribution is 2.54. The Hall–Kier alpha value is -0.200. The standard InChI is InChI=1S/C15H26O5/c1-15(2,18)7-3-4-9-8-5-6-10-11(8)14(19-12(9)16)20-13(10)17/h8-14,16-18H,3-7H2,1-2H3/t8-,9?,10+,11-,12?,13?,14-/m0/s1. The molecule has 0 bridgehead atoms. The average Bonchev–Trinajstić information content (AvgIpc) is 2.87. The van der Waals surface area contributed by atoms with E-state index in [1.165, 1.54) is 0 Å². The summed E-state index contributed by atoms with van der Waals surface area (Å²) >= 11 is 0. The van der Waals surface area contributed by atoms with E-state index in [0.717, 1.165) is 32.1 Å². The molecule has 0 spiro atoms. The second kappa shape index (κ2) is 5.21. The van der Waals surface area contributed by atoms with E-state index in [2.05, 4.69) is 0 Å². The van der Waals surface area contributed by atoms with Gasteiger partial charge >= 0.3 is 0 Å². The molecule has 2 aliphatic heterocycles. The zero-order chi connectivity index (χ0) is 14.5. The molecule has 2 saturated heterocycles. The molecule has 7 atom stereocenters. The molecule has 3 fully saturated rings. The van der Waals surface area contributed by atoms with Crippen LogP contribution in [0.25, 0.3) is 0 Å². The van der Waals surface area contributed by atoms with Crippen molar-refractivity contribution < 1.29 is 24.8 Å². The highest BCUT2D eigenvalue weighted by molar-refractivity contribution is 4.98. The largest absolute Gasteiger partial charge is 0.390 e. The zero-order valence-corrected chi connectivity index (χ0v) is 12.2. The summed E-state index contributed by atoms with van der Waals surface area (Å²) in [6.07, 6.45) is 2.43. The normalized spacial score (nSPS) is 47.5. The minimum atomic E-state index is -0.813. The van der Waals surface area contributed by atoms with Gasteiger partial charge in [-0.1, -0.05) is 6.42 Å². The number of hydrogen-bond acceptors (Lipinski definition) is 5. The van der Waals surface area contributed by atoms with Crippen LogP contribution in [0.1, 0.15) is 46.0 Å². The van der Waals surface area contributed by atoms with Crippen molar-refractivity contribution in [1.29, 1.82) is 0 Å². The lowest BCUT2D eigenvalue weighted by atomic mass is 9.76. The summed E-state index contributed by atoms with van der Waals surface area (Å²) < 4.78 is 11.0. The lowest BCUT2D eigenvalue weighted by Crippen LogP contribution is -2.45. The molecule has 0 aromatic rings.